The summed E-state index contributed by atoms with van der Waals surface area (Å²) in [4.78, 5) is 2.61. The summed E-state index contributed by atoms with van der Waals surface area (Å²) >= 11 is 10.9. The van der Waals surface area contributed by atoms with Crippen molar-refractivity contribution in [3.63, 3.8) is 0 Å². The van der Waals surface area contributed by atoms with E-state index in [1.165, 1.54) is 49.0 Å². The predicted octanol–water partition coefficient (Wildman–Crippen LogP) is 10.4. The largest absolute Gasteiger partial charge is 0.198 e. The van der Waals surface area contributed by atoms with Crippen LogP contribution in [0.5, 0.6) is 0 Å². The maximum absolute atomic E-state index is 8.99. The van der Waals surface area contributed by atoms with E-state index < -0.39 is 0 Å². The second kappa shape index (κ2) is 13.9. The van der Waals surface area contributed by atoms with Crippen LogP contribution in [0.3, 0.4) is 0 Å². The molecule has 0 aliphatic carbocycles. The van der Waals surface area contributed by atoms with Crippen molar-refractivity contribution in [2.45, 2.75) is 26.7 Å². The van der Waals surface area contributed by atoms with Crippen molar-refractivity contribution in [1.29, 1.82) is 10.5 Å². The van der Waals surface area contributed by atoms with Gasteiger partial charge >= 0.3 is 0 Å². The lowest BCUT2D eigenvalue weighted by atomic mass is 9.95. The Morgan fingerprint density at radius 1 is 0.639 bits per heavy atom. The van der Waals surface area contributed by atoms with Crippen molar-refractivity contribution < 1.29 is 0 Å². The van der Waals surface area contributed by atoms with Crippen LogP contribution in [-0.2, 0) is 0 Å². The summed E-state index contributed by atoms with van der Waals surface area (Å²) in [6.07, 6.45) is 1.11. The van der Waals surface area contributed by atoms with Gasteiger partial charge in [0.1, 0.15) is 0 Å². The topological polar surface area (TPSA) is 47.6 Å². The highest BCUT2D eigenvalue weighted by Crippen LogP contribution is 2.61. The Kier molecular flexibility index (Phi) is 10.6. The first-order valence-corrected chi connectivity index (χ1v) is 16.6. The van der Waals surface area contributed by atoms with Gasteiger partial charge in [0, 0.05) is 45.3 Å². The van der Waals surface area contributed by atoms with E-state index in [1.54, 1.807) is 23.5 Å². The summed E-state index contributed by atoms with van der Waals surface area (Å²) in [5, 5.41) is 18.0. The number of hydrogen-bond acceptors (Lipinski definition) is 8. The Balaban J connectivity index is 1.81. The zero-order chi connectivity index (χ0) is 25.3. The lowest BCUT2D eigenvalue weighted by molar-refractivity contribution is 1.24. The van der Waals surface area contributed by atoms with E-state index in [4.69, 9.17) is 10.5 Å². The van der Waals surface area contributed by atoms with Crippen molar-refractivity contribution in [2.24, 2.45) is 0 Å². The summed E-state index contributed by atoms with van der Waals surface area (Å²) in [5.41, 5.74) is 4.94. The molecule has 2 aromatic carbocycles. The second-order valence-corrected chi connectivity index (χ2v) is 15.4. The third kappa shape index (κ3) is 6.86. The lowest BCUT2D eigenvalue weighted by Crippen LogP contribution is -1.95. The molecule has 0 spiro atoms. The van der Waals surface area contributed by atoms with Crippen LogP contribution < -0.4 is 0 Å². The first kappa shape index (κ1) is 27.5. The average Bonchev–Trinajstić information content (AvgIpc) is 3.45. The molecule has 0 saturated carbocycles. The summed E-state index contributed by atoms with van der Waals surface area (Å²) in [5.74, 6) is 1.63. The van der Waals surface area contributed by atoms with Crippen LogP contribution in [0.4, 0.5) is 0 Å². The number of hydrogen-bond donors (Lipinski definition) is 0. The zero-order valence-corrected chi connectivity index (χ0v) is 24.8. The van der Waals surface area contributed by atoms with Gasteiger partial charge in [-0.05, 0) is 25.0 Å². The van der Waals surface area contributed by atoms with Crippen LogP contribution in [-0.4, -0.2) is 11.5 Å². The number of nitrogens with zero attached hydrogens (tertiary/aromatic N) is 2. The summed E-state index contributed by atoms with van der Waals surface area (Å²) in [6, 6.07) is 25.9. The second-order valence-electron chi connectivity index (χ2n) is 7.67. The maximum Gasteiger partial charge on any atom is 0.0630 e. The van der Waals surface area contributed by atoms with Crippen LogP contribution in [0.15, 0.2) is 87.4 Å². The molecule has 0 unspecified atom stereocenters. The molecule has 0 radical (unpaired) electrons. The van der Waals surface area contributed by atoms with Crippen LogP contribution in [0.2, 0.25) is 0 Å². The molecule has 0 atom stereocenters. The van der Waals surface area contributed by atoms with E-state index >= 15 is 0 Å². The number of thioether (sulfide) groups is 6. The van der Waals surface area contributed by atoms with Gasteiger partial charge in [-0.15, -0.1) is 23.5 Å². The van der Waals surface area contributed by atoms with Gasteiger partial charge in [0.25, 0.3) is 0 Å². The van der Waals surface area contributed by atoms with Crippen LogP contribution in [0, 0.1) is 22.7 Å². The van der Waals surface area contributed by atoms with Gasteiger partial charge in [0.05, 0.1) is 29.1 Å². The molecule has 2 heterocycles. The molecular weight excluding hydrogens is 557 g/mol. The van der Waals surface area contributed by atoms with E-state index in [0.29, 0.717) is 12.8 Å². The van der Waals surface area contributed by atoms with E-state index in [2.05, 4.69) is 86.6 Å². The van der Waals surface area contributed by atoms with Gasteiger partial charge < -0.3 is 0 Å². The third-order valence-electron chi connectivity index (χ3n) is 5.11. The highest BCUT2D eigenvalue weighted by atomic mass is 32.2. The molecule has 0 amide bonds. The van der Waals surface area contributed by atoms with Crippen molar-refractivity contribution >= 4 is 81.7 Å². The molecule has 0 fully saturated rings. The fourth-order valence-corrected chi connectivity index (χ4v) is 11.8. The average molecular weight is 581 g/mol. The molecule has 2 aliphatic heterocycles. The molecule has 8 heteroatoms. The molecule has 0 aromatic heterocycles. The van der Waals surface area contributed by atoms with Crippen LogP contribution in [0.1, 0.15) is 37.8 Å². The van der Waals surface area contributed by atoms with E-state index in [0.717, 1.165) is 11.5 Å². The highest BCUT2D eigenvalue weighted by Gasteiger charge is 2.29. The van der Waals surface area contributed by atoms with Crippen molar-refractivity contribution in [2.75, 3.05) is 11.5 Å². The summed E-state index contributed by atoms with van der Waals surface area (Å²) in [7, 11) is 0. The number of nitriles is 2. The van der Waals surface area contributed by atoms with Crippen molar-refractivity contribution in [3.05, 3.63) is 98.5 Å². The fraction of sp³-hybridized carbons (Fsp3) is 0.214. The minimum atomic E-state index is 0.557. The molecule has 2 nitrogen and oxygen atoms in total. The molecule has 36 heavy (non-hydrogen) atoms. The Bertz CT molecular complexity index is 1210. The maximum atomic E-state index is 8.99. The molecule has 2 aliphatic rings. The van der Waals surface area contributed by atoms with Crippen molar-refractivity contribution in [3.8, 4) is 12.1 Å². The Hall–Kier alpha value is -1.52. The van der Waals surface area contributed by atoms with E-state index in [9.17, 15) is 0 Å². The fourth-order valence-electron chi connectivity index (χ4n) is 3.50. The first-order valence-electron chi connectivity index (χ1n) is 11.3. The van der Waals surface area contributed by atoms with Gasteiger partial charge in [-0.1, -0.05) is 108 Å². The predicted molar refractivity (Wildman–Crippen MR) is 168 cm³/mol. The van der Waals surface area contributed by atoms with Gasteiger partial charge in [-0.3, -0.25) is 0 Å². The van der Waals surface area contributed by atoms with Crippen LogP contribution >= 0.6 is 70.6 Å². The third-order valence-corrected chi connectivity index (χ3v) is 13.4. The highest BCUT2D eigenvalue weighted by molar-refractivity contribution is 8.36. The van der Waals surface area contributed by atoms with Crippen molar-refractivity contribution in [1.82, 2.24) is 0 Å². The Morgan fingerprint density at radius 2 is 1.03 bits per heavy atom. The molecule has 182 valence electrons. The smallest absolute Gasteiger partial charge is 0.0630 e. The van der Waals surface area contributed by atoms with Gasteiger partial charge in [-0.2, -0.15) is 10.5 Å². The normalized spacial score (nSPS) is 18.3. The van der Waals surface area contributed by atoms with E-state index in [-0.39, 0.29) is 0 Å². The molecule has 4 rings (SSSR count). The summed E-state index contributed by atoms with van der Waals surface area (Å²) in [6.45, 7) is 4.37. The molecule has 0 N–H and O–H groups in total. The van der Waals surface area contributed by atoms with E-state index in [1.807, 2.05) is 47.0 Å². The van der Waals surface area contributed by atoms with Gasteiger partial charge in [-0.25, -0.2) is 0 Å². The standard InChI is InChI=1S/C28H24N2S6/c1-19-25(31-17-9-15-29)35-27(33-19)23(21-11-5-3-6-12-21)24(22-13-7-4-8-14-22)28-34-20(2)26(36-28)32-18-10-16-30/h3-8,11-14H,9-10,17-18H2,1-2H3/b27-23-,28-24+. The Morgan fingerprint density at radius 3 is 1.39 bits per heavy atom. The minimum absolute atomic E-state index is 0.557. The number of benzene rings is 2. The molecule has 2 aromatic rings. The summed E-state index contributed by atoms with van der Waals surface area (Å²) < 4.78 is 5.16. The minimum Gasteiger partial charge on any atom is -0.198 e. The zero-order valence-electron chi connectivity index (χ0n) is 19.9. The Labute approximate surface area is 239 Å². The molecular formula is C28H24N2S6. The van der Waals surface area contributed by atoms with Crippen LogP contribution in [0.25, 0.3) is 11.1 Å². The van der Waals surface area contributed by atoms with Gasteiger partial charge in [0.2, 0.25) is 0 Å². The molecule has 0 saturated heterocycles. The number of allylic oxidation sites excluding steroid dienone is 4. The lowest BCUT2D eigenvalue weighted by Gasteiger charge is -2.19. The monoisotopic (exact) mass is 580 g/mol. The quantitative estimate of drug-likeness (QED) is 0.271. The first-order chi connectivity index (χ1) is 17.6. The molecule has 0 bridgehead atoms. The number of rotatable bonds is 9. The van der Waals surface area contributed by atoms with Gasteiger partial charge in [0.15, 0.2) is 0 Å². The SMILES string of the molecule is CC1=C(SCCC#N)S/C(=C(\C(=C2/SC(C)=C(SCCC#N)S2)c2ccccc2)c2ccccc2)S1.